The predicted octanol–water partition coefficient (Wildman–Crippen LogP) is 4.12. The highest BCUT2D eigenvalue weighted by Gasteiger charge is 2.07. The number of nitrogens with zero attached hydrogens (tertiary/aromatic N) is 1. The fourth-order valence-corrected chi connectivity index (χ4v) is 2.37. The SMILES string of the molecule is CC(C)C(C)SCc1cncc(Br)c1. The van der Waals surface area contributed by atoms with E-state index in [1.54, 1.807) is 0 Å². The molecule has 0 spiro atoms. The van der Waals surface area contributed by atoms with E-state index < -0.39 is 0 Å². The third-order valence-electron chi connectivity index (χ3n) is 2.21. The summed E-state index contributed by atoms with van der Waals surface area (Å²) < 4.78 is 1.06. The summed E-state index contributed by atoms with van der Waals surface area (Å²) in [6, 6.07) is 2.13. The van der Waals surface area contributed by atoms with Gasteiger partial charge in [0.2, 0.25) is 0 Å². The Balaban J connectivity index is 2.45. The zero-order valence-corrected chi connectivity index (χ0v) is 11.2. The van der Waals surface area contributed by atoms with Crippen molar-refractivity contribution in [2.24, 2.45) is 5.92 Å². The minimum atomic E-state index is 0.703. The van der Waals surface area contributed by atoms with Crippen molar-refractivity contribution < 1.29 is 0 Å². The van der Waals surface area contributed by atoms with Gasteiger partial charge in [-0.1, -0.05) is 20.8 Å². The molecule has 0 N–H and O–H groups in total. The summed E-state index contributed by atoms with van der Waals surface area (Å²) in [6.45, 7) is 6.80. The van der Waals surface area contributed by atoms with E-state index in [2.05, 4.69) is 47.8 Å². The number of aromatic nitrogens is 1. The molecule has 1 unspecified atom stereocenters. The maximum absolute atomic E-state index is 4.15. The number of halogens is 1. The first-order valence-corrected chi connectivity index (χ1v) is 6.65. The molecule has 0 saturated heterocycles. The van der Waals surface area contributed by atoms with Gasteiger partial charge < -0.3 is 0 Å². The van der Waals surface area contributed by atoms with Gasteiger partial charge in [-0.05, 0) is 33.5 Å². The number of pyridine rings is 1. The van der Waals surface area contributed by atoms with E-state index in [0.29, 0.717) is 5.25 Å². The van der Waals surface area contributed by atoms with Crippen LogP contribution in [0.25, 0.3) is 0 Å². The third kappa shape index (κ3) is 4.01. The molecule has 0 aliphatic heterocycles. The van der Waals surface area contributed by atoms with Crippen molar-refractivity contribution in [1.29, 1.82) is 0 Å². The molecule has 14 heavy (non-hydrogen) atoms. The minimum Gasteiger partial charge on any atom is -0.263 e. The number of hydrogen-bond donors (Lipinski definition) is 0. The molecule has 0 amide bonds. The molecule has 0 bridgehead atoms. The van der Waals surface area contributed by atoms with Gasteiger partial charge in [0, 0.05) is 27.9 Å². The van der Waals surface area contributed by atoms with Crippen molar-refractivity contribution in [3.63, 3.8) is 0 Å². The highest BCUT2D eigenvalue weighted by atomic mass is 79.9. The van der Waals surface area contributed by atoms with Crippen LogP contribution in [0.4, 0.5) is 0 Å². The summed E-state index contributed by atoms with van der Waals surface area (Å²) in [4.78, 5) is 4.15. The maximum atomic E-state index is 4.15. The molecule has 78 valence electrons. The smallest absolute Gasteiger partial charge is 0.0410 e. The quantitative estimate of drug-likeness (QED) is 0.819. The van der Waals surface area contributed by atoms with Gasteiger partial charge in [0.1, 0.15) is 0 Å². The van der Waals surface area contributed by atoms with E-state index in [0.717, 1.165) is 16.1 Å². The number of hydrogen-bond acceptors (Lipinski definition) is 2. The molecule has 0 aliphatic rings. The lowest BCUT2D eigenvalue weighted by atomic mass is 10.2. The lowest BCUT2D eigenvalue weighted by Crippen LogP contribution is -2.05. The molecule has 0 fully saturated rings. The van der Waals surface area contributed by atoms with Crippen LogP contribution in [0.1, 0.15) is 26.3 Å². The second-order valence-corrected chi connectivity index (χ2v) is 6.05. The Hall–Kier alpha value is -0.0200. The van der Waals surface area contributed by atoms with Crippen LogP contribution in [0.5, 0.6) is 0 Å². The van der Waals surface area contributed by atoms with Gasteiger partial charge in [-0.25, -0.2) is 0 Å². The van der Waals surface area contributed by atoms with E-state index in [-0.39, 0.29) is 0 Å². The van der Waals surface area contributed by atoms with Crippen LogP contribution >= 0.6 is 27.7 Å². The Morgan fingerprint density at radius 3 is 2.64 bits per heavy atom. The third-order valence-corrected chi connectivity index (χ3v) is 4.22. The van der Waals surface area contributed by atoms with E-state index in [1.807, 2.05) is 24.2 Å². The Morgan fingerprint density at radius 1 is 1.36 bits per heavy atom. The van der Waals surface area contributed by atoms with Gasteiger partial charge in [0.25, 0.3) is 0 Å². The fourth-order valence-electron chi connectivity index (χ4n) is 0.955. The lowest BCUT2D eigenvalue weighted by molar-refractivity contribution is 0.642. The standard InChI is InChI=1S/C11H16BrNS/c1-8(2)9(3)14-7-10-4-11(12)6-13-5-10/h4-6,8-9H,7H2,1-3H3. The predicted molar refractivity (Wildman–Crippen MR) is 67.5 cm³/mol. The normalized spacial score (nSPS) is 13.2. The monoisotopic (exact) mass is 273 g/mol. The van der Waals surface area contributed by atoms with Crippen molar-refractivity contribution in [2.45, 2.75) is 31.8 Å². The van der Waals surface area contributed by atoms with Gasteiger partial charge in [-0.15, -0.1) is 0 Å². The topological polar surface area (TPSA) is 12.9 Å². The number of rotatable bonds is 4. The van der Waals surface area contributed by atoms with Crippen LogP contribution in [0.3, 0.4) is 0 Å². The van der Waals surface area contributed by atoms with Gasteiger partial charge in [0.05, 0.1) is 0 Å². The molecule has 1 heterocycles. The summed E-state index contributed by atoms with van der Waals surface area (Å²) in [5.41, 5.74) is 1.29. The van der Waals surface area contributed by atoms with Crippen LogP contribution in [0, 0.1) is 5.92 Å². The molecule has 1 atom stereocenters. The second-order valence-electron chi connectivity index (χ2n) is 3.77. The summed E-state index contributed by atoms with van der Waals surface area (Å²) in [6.07, 6.45) is 3.75. The lowest BCUT2D eigenvalue weighted by Gasteiger charge is -2.14. The van der Waals surface area contributed by atoms with Crippen molar-refractivity contribution in [1.82, 2.24) is 4.98 Å². The molecule has 1 nitrogen and oxygen atoms in total. The first kappa shape index (κ1) is 12.1. The fraction of sp³-hybridized carbons (Fsp3) is 0.545. The molecule has 0 aliphatic carbocycles. The summed E-state index contributed by atoms with van der Waals surface area (Å²) >= 11 is 5.41. The maximum Gasteiger partial charge on any atom is 0.0410 e. The molecule has 0 aromatic carbocycles. The molecule has 1 aromatic rings. The molecule has 0 radical (unpaired) electrons. The van der Waals surface area contributed by atoms with Gasteiger partial charge >= 0.3 is 0 Å². The summed E-state index contributed by atoms with van der Waals surface area (Å²) in [5.74, 6) is 1.78. The van der Waals surface area contributed by atoms with Crippen LogP contribution in [-0.4, -0.2) is 10.2 Å². The summed E-state index contributed by atoms with van der Waals surface area (Å²) in [7, 11) is 0. The van der Waals surface area contributed by atoms with Crippen molar-refractivity contribution in [2.75, 3.05) is 0 Å². The average molecular weight is 274 g/mol. The molecule has 0 saturated carbocycles. The first-order chi connectivity index (χ1) is 6.59. The van der Waals surface area contributed by atoms with Crippen molar-refractivity contribution in [3.05, 3.63) is 28.5 Å². The van der Waals surface area contributed by atoms with E-state index >= 15 is 0 Å². The molecular formula is C11H16BrNS. The average Bonchev–Trinajstić information content (AvgIpc) is 2.14. The Labute approximate surface area is 98.8 Å². The largest absolute Gasteiger partial charge is 0.263 e. The van der Waals surface area contributed by atoms with E-state index in [9.17, 15) is 0 Å². The van der Waals surface area contributed by atoms with Gasteiger partial charge in [0.15, 0.2) is 0 Å². The van der Waals surface area contributed by atoms with Crippen LogP contribution < -0.4 is 0 Å². The van der Waals surface area contributed by atoms with Crippen molar-refractivity contribution in [3.8, 4) is 0 Å². The molecule has 3 heteroatoms. The number of thioether (sulfide) groups is 1. The van der Waals surface area contributed by atoms with Crippen LogP contribution in [0.2, 0.25) is 0 Å². The van der Waals surface area contributed by atoms with Crippen molar-refractivity contribution >= 4 is 27.7 Å². The second kappa shape index (κ2) is 5.76. The van der Waals surface area contributed by atoms with Gasteiger partial charge in [-0.3, -0.25) is 4.98 Å². The van der Waals surface area contributed by atoms with E-state index in [1.165, 1.54) is 5.56 Å². The highest BCUT2D eigenvalue weighted by molar-refractivity contribution is 9.10. The minimum absolute atomic E-state index is 0.703. The van der Waals surface area contributed by atoms with Gasteiger partial charge in [-0.2, -0.15) is 11.8 Å². The van der Waals surface area contributed by atoms with Crippen LogP contribution in [-0.2, 0) is 5.75 Å². The zero-order chi connectivity index (χ0) is 10.6. The Bertz CT molecular complexity index is 288. The Morgan fingerprint density at radius 2 is 2.07 bits per heavy atom. The van der Waals surface area contributed by atoms with E-state index in [4.69, 9.17) is 0 Å². The highest BCUT2D eigenvalue weighted by Crippen LogP contribution is 2.23. The zero-order valence-electron chi connectivity index (χ0n) is 8.83. The van der Waals surface area contributed by atoms with Crippen LogP contribution in [0.15, 0.2) is 22.9 Å². The molecule has 1 aromatic heterocycles. The first-order valence-electron chi connectivity index (χ1n) is 4.80. The molecular weight excluding hydrogens is 258 g/mol. The summed E-state index contributed by atoms with van der Waals surface area (Å²) in [5, 5.41) is 0.703. The Kier molecular flexibility index (Phi) is 4.96. The molecule has 1 rings (SSSR count).